The van der Waals surface area contributed by atoms with E-state index in [-0.39, 0.29) is 24.6 Å². The lowest BCUT2D eigenvalue weighted by molar-refractivity contribution is 0.0519. The number of nitrogens with zero attached hydrogens (tertiary/aromatic N) is 1. The highest BCUT2D eigenvalue weighted by atomic mass is 32.2. The van der Waals surface area contributed by atoms with Gasteiger partial charge in [-0.15, -0.1) is 0 Å². The largest absolute Gasteiger partial charge is 0.497 e. The molecule has 1 heterocycles. The molecule has 8 heteroatoms. The highest BCUT2D eigenvalue weighted by Gasteiger charge is 2.29. The fourth-order valence-corrected chi connectivity index (χ4v) is 5.48. The predicted octanol–water partition coefficient (Wildman–Crippen LogP) is 4.82. The van der Waals surface area contributed by atoms with Crippen molar-refractivity contribution in [2.45, 2.75) is 52.6 Å². The predicted molar refractivity (Wildman–Crippen MR) is 132 cm³/mol. The molecule has 0 spiro atoms. The number of hydrogen-bond acceptors (Lipinski definition) is 5. The van der Waals surface area contributed by atoms with Crippen molar-refractivity contribution in [3.63, 3.8) is 0 Å². The van der Waals surface area contributed by atoms with Gasteiger partial charge in [0.2, 0.25) is 10.0 Å². The second-order valence-electron chi connectivity index (χ2n) is 8.34. The summed E-state index contributed by atoms with van der Waals surface area (Å²) < 4.78 is 39.6. The first kappa shape index (κ1) is 25.5. The number of aromatic amines is 1. The lowest BCUT2D eigenvalue weighted by Crippen LogP contribution is -2.31. The molecule has 0 saturated carbocycles. The number of aryl methyl sites for hydroxylation is 2. The van der Waals surface area contributed by atoms with Gasteiger partial charge in [0.1, 0.15) is 11.4 Å². The van der Waals surface area contributed by atoms with Crippen LogP contribution >= 0.6 is 0 Å². The van der Waals surface area contributed by atoms with Gasteiger partial charge in [0.15, 0.2) is 0 Å². The number of carbonyl (C=O) groups is 1. The molecular weight excluding hydrogens is 452 g/mol. The maximum atomic E-state index is 13.9. The number of carbonyl (C=O) groups excluding carboxylic acids is 1. The third-order valence-corrected chi connectivity index (χ3v) is 7.89. The molecule has 0 saturated heterocycles. The number of aromatic nitrogens is 1. The number of rotatable bonds is 9. The van der Waals surface area contributed by atoms with Crippen molar-refractivity contribution in [2.24, 2.45) is 0 Å². The zero-order chi connectivity index (χ0) is 25.0. The molecule has 0 atom stereocenters. The molecule has 182 valence electrons. The Morgan fingerprint density at radius 2 is 1.65 bits per heavy atom. The number of hydrogen-bond donors (Lipinski definition) is 1. The number of benzene rings is 2. The SMILES string of the molecule is CCOC(=O)c1[nH]c(CN(Cc2ccc(OC)cc2)S(=O)(=O)c2cc(C)ccc2C)c(C)c1C. The van der Waals surface area contributed by atoms with Gasteiger partial charge in [-0.05, 0) is 80.6 Å². The van der Waals surface area contributed by atoms with E-state index in [1.165, 1.54) is 4.31 Å². The van der Waals surface area contributed by atoms with Crippen LogP contribution < -0.4 is 4.74 Å². The lowest BCUT2D eigenvalue weighted by atomic mass is 10.1. The Morgan fingerprint density at radius 3 is 2.26 bits per heavy atom. The first-order valence-corrected chi connectivity index (χ1v) is 12.6. The molecule has 1 aromatic heterocycles. The van der Waals surface area contributed by atoms with Gasteiger partial charge in [0.05, 0.1) is 25.2 Å². The lowest BCUT2D eigenvalue weighted by Gasteiger charge is -2.24. The Balaban J connectivity index is 2.06. The van der Waals surface area contributed by atoms with Crippen molar-refractivity contribution >= 4 is 16.0 Å². The van der Waals surface area contributed by atoms with Gasteiger partial charge in [-0.2, -0.15) is 4.31 Å². The molecule has 3 rings (SSSR count). The molecule has 2 aromatic carbocycles. The minimum Gasteiger partial charge on any atom is -0.497 e. The first-order chi connectivity index (χ1) is 16.1. The van der Waals surface area contributed by atoms with E-state index in [0.29, 0.717) is 22.7 Å². The van der Waals surface area contributed by atoms with Crippen LogP contribution in [0.2, 0.25) is 0 Å². The zero-order valence-electron chi connectivity index (χ0n) is 20.6. The van der Waals surface area contributed by atoms with Gasteiger partial charge in [-0.3, -0.25) is 0 Å². The standard InChI is InChI=1S/C26H32N2O5S/c1-7-33-26(29)25-20(5)19(4)23(27-25)16-28(15-21-10-12-22(32-6)13-11-21)34(30,31)24-14-17(2)8-9-18(24)3/h8-14,27H,7,15-16H2,1-6H3. The minimum absolute atomic E-state index is 0.0772. The van der Waals surface area contributed by atoms with Crippen LogP contribution in [0.3, 0.4) is 0 Å². The molecule has 0 radical (unpaired) electrons. The van der Waals surface area contributed by atoms with E-state index in [1.807, 2.05) is 45.0 Å². The van der Waals surface area contributed by atoms with E-state index in [2.05, 4.69) is 4.98 Å². The van der Waals surface area contributed by atoms with Crippen molar-refractivity contribution < 1.29 is 22.7 Å². The van der Waals surface area contributed by atoms with Crippen LogP contribution in [0, 0.1) is 27.7 Å². The van der Waals surface area contributed by atoms with Crippen LogP contribution in [0.4, 0.5) is 0 Å². The van der Waals surface area contributed by atoms with Gasteiger partial charge in [-0.1, -0.05) is 24.3 Å². The van der Waals surface area contributed by atoms with E-state index in [4.69, 9.17) is 9.47 Å². The van der Waals surface area contributed by atoms with Crippen molar-refractivity contribution in [2.75, 3.05) is 13.7 Å². The summed E-state index contributed by atoms with van der Waals surface area (Å²) in [6, 6.07) is 12.7. The average molecular weight is 485 g/mol. The Labute approximate surface area is 201 Å². The number of H-pyrrole nitrogens is 1. The zero-order valence-corrected chi connectivity index (χ0v) is 21.4. The first-order valence-electron chi connectivity index (χ1n) is 11.1. The third kappa shape index (κ3) is 5.34. The number of esters is 1. The highest BCUT2D eigenvalue weighted by Crippen LogP contribution is 2.27. The van der Waals surface area contributed by atoms with Crippen LogP contribution in [0.5, 0.6) is 5.75 Å². The topological polar surface area (TPSA) is 88.7 Å². The summed E-state index contributed by atoms with van der Waals surface area (Å²) in [5.41, 5.74) is 4.95. The summed E-state index contributed by atoms with van der Waals surface area (Å²) >= 11 is 0. The maximum absolute atomic E-state index is 13.9. The van der Waals surface area contributed by atoms with Gasteiger partial charge in [-0.25, -0.2) is 13.2 Å². The van der Waals surface area contributed by atoms with Crippen molar-refractivity contribution in [1.82, 2.24) is 9.29 Å². The van der Waals surface area contributed by atoms with Crippen LogP contribution in [-0.4, -0.2) is 37.4 Å². The summed E-state index contributed by atoms with van der Waals surface area (Å²) in [5, 5.41) is 0. The van der Waals surface area contributed by atoms with Crippen LogP contribution in [0.25, 0.3) is 0 Å². The molecule has 3 aromatic rings. The van der Waals surface area contributed by atoms with E-state index in [1.54, 1.807) is 39.2 Å². The molecule has 0 bridgehead atoms. The summed E-state index contributed by atoms with van der Waals surface area (Å²) in [6.45, 7) is 9.61. The van der Waals surface area contributed by atoms with Crippen molar-refractivity contribution in [3.8, 4) is 5.75 Å². The summed E-state index contributed by atoms with van der Waals surface area (Å²) in [7, 11) is -2.26. The Bertz CT molecular complexity index is 1280. The minimum atomic E-state index is -3.85. The monoisotopic (exact) mass is 484 g/mol. The molecule has 0 unspecified atom stereocenters. The van der Waals surface area contributed by atoms with Crippen molar-refractivity contribution in [3.05, 3.63) is 81.7 Å². The fourth-order valence-electron chi connectivity index (χ4n) is 3.78. The van der Waals surface area contributed by atoms with Gasteiger partial charge in [0.25, 0.3) is 0 Å². The molecule has 34 heavy (non-hydrogen) atoms. The van der Waals surface area contributed by atoms with Crippen LogP contribution in [-0.2, 0) is 27.8 Å². The second-order valence-corrected chi connectivity index (χ2v) is 10.2. The smallest absolute Gasteiger partial charge is 0.355 e. The quantitative estimate of drug-likeness (QED) is 0.440. The fraction of sp³-hybridized carbons (Fsp3) is 0.346. The van der Waals surface area contributed by atoms with E-state index in [9.17, 15) is 13.2 Å². The van der Waals surface area contributed by atoms with Gasteiger partial charge < -0.3 is 14.5 Å². The molecule has 0 aliphatic carbocycles. The van der Waals surface area contributed by atoms with E-state index >= 15 is 0 Å². The molecule has 0 amide bonds. The maximum Gasteiger partial charge on any atom is 0.355 e. The molecule has 0 aliphatic heterocycles. The Morgan fingerprint density at radius 1 is 0.971 bits per heavy atom. The third-order valence-electron chi connectivity index (χ3n) is 5.96. The number of ether oxygens (including phenoxy) is 2. The molecule has 1 N–H and O–H groups in total. The summed E-state index contributed by atoms with van der Waals surface area (Å²) in [6.07, 6.45) is 0. The molecular formula is C26H32N2O5S. The van der Waals surface area contributed by atoms with Crippen LogP contribution in [0.15, 0.2) is 47.4 Å². The van der Waals surface area contributed by atoms with Gasteiger partial charge in [0, 0.05) is 12.2 Å². The number of methoxy groups -OCH3 is 1. The number of sulfonamides is 1. The molecule has 0 fully saturated rings. The Kier molecular flexibility index (Phi) is 7.84. The van der Waals surface area contributed by atoms with Gasteiger partial charge >= 0.3 is 5.97 Å². The average Bonchev–Trinajstić information content (AvgIpc) is 3.09. The van der Waals surface area contributed by atoms with Crippen LogP contribution in [0.1, 0.15) is 50.9 Å². The summed E-state index contributed by atoms with van der Waals surface area (Å²) in [4.78, 5) is 15.8. The number of nitrogens with one attached hydrogen (secondary N) is 1. The van der Waals surface area contributed by atoms with Crippen molar-refractivity contribution in [1.29, 1.82) is 0 Å². The molecule has 7 nitrogen and oxygen atoms in total. The summed E-state index contributed by atoms with van der Waals surface area (Å²) in [5.74, 6) is 0.246. The Hall–Kier alpha value is -3.10. The molecule has 0 aliphatic rings. The highest BCUT2D eigenvalue weighted by molar-refractivity contribution is 7.89. The second kappa shape index (κ2) is 10.4. The normalized spacial score (nSPS) is 11.6. The van der Waals surface area contributed by atoms with E-state index < -0.39 is 16.0 Å². The van der Waals surface area contributed by atoms with E-state index in [0.717, 1.165) is 22.3 Å².